The third-order valence-corrected chi connectivity index (χ3v) is 1.72. The fourth-order valence-electron chi connectivity index (χ4n) is 0.874. The van der Waals surface area contributed by atoms with Gasteiger partial charge in [-0.2, -0.15) is 0 Å². The van der Waals surface area contributed by atoms with Gasteiger partial charge in [0.25, 0.3) is 0 Å². The lowest BCUT2D eigenvalue weighted by Crippen LogP contribution is -2.31. The Hall–Kier alpha value is -1.34. The third-order valence-electron chi connectivity index (χ3n) is 1.72. The van der Waals surface area contributed by atoms with E-state index in [0.717, 1.165) is 6.54 Å². The number of amides is 1. The van der Waals surface area contributed by atoms with Crippen LogP contribution in [0.5, 0.6) is 0 Å². The summed E-state index contributed by atoms with van der Waals surface area (Å²) in [6.07, 6.45) is -0.103. The molecule has 0 fully saturated rings. The van der Waals surface area contributed by atoms with Crippen LogP contribution in [-0.2, 0) is 9.53 Å². The molecule has 0 spiro atoms. The summed E-state index contributed by atoms with van der Waals surface area (Å²) in [7, 11) is 3.92. The number of nitrogens with two attached hydrogens (primary N) is 1. The van der Waals surface area contributed by atoms with Gasteiger partial charge in [-0.05, 0) is 14.1 Å². The highest BCUT2D eigenvalue weighted by Crippen LogP contribution is 1.81. The van der Waals surface area contributed by atoms with E-state index >= 15 is 0 Å². The molecule has 0 bridgehead atoms. The van der Waals surface area contributed by atoms with Crippen molar-refractivity contribution in [3.05, 3.63) is 0 Å². The average Bonchev–Trinajstić information content (AvgIpc) is 2.22. The number of amidine groups is 1. The van der Waals surface area contributed by atoms with Gasteiger partial charge in [0.1, 0.15) is 5.84 Å². The molecule has 0 aliphatic rings. The monoisotopic (exact) mass is 232 g/mol. The smallest absolute Gasteiger partial charge is 0.227 e. The van der Waals surface area contributed by atoms with Crippen LogP contribution in [-0.4, -0.2) is 62.2 Å². The number of ether oxygens (including phenoxy) is 1. The van der Waals surface area contributed by atoms with Crippen LogP contribution in [0.15, 0.2) is 5.16 Å². The van der Waals surface area contributed by atoms with Crippen LogP contribution in [0.2, 0.25) is 0 Å². The second-order valence-corrected chi connectivity index (χ2v) is 3.53. The fraction of sp³-hybridized carbons (Fsp3) is 0.778. The molecule has 16 heavy (non-hydrogen) atoms. The van der Waals surface area contributed by atoms with Gasteiger partial charge in [0, 0.05) is 13.1 Å². The summed E-state index contributed by atoms with van der Waals surface area (Å²) in [5.74, 6) is -0.391. The Kier molecular flexibility index (Phi) is 8.18. The molecule has 0 unspecified atom stereocenters. The molecule has 0 atom stereocenters. The first-order valence-corrected chi connectivity index (χ1v) is 5.02. The van der Waals surface area contributed by atoms with Gasteiger partial charge in [-0.25, -0.2) is 0 Å². The van der Waals surface area contributed by atoms with E-state index in [1.807, 2.05) is 19.0 Å². The number of likely N-dealkylation sites (N-methyl/N-ethyl adjacent to an activating group) is 1. The number of nitrogens with zero attached hydrogens (tertiary/aromatic N) is 2. The van der Waals surface area contributed by atoms with E-state index in [1.165, 1.54) is 0 Å². The molecule has 4 N–H and O–H groups in total. The standard InChI is InChI=1S/C9H20N4O3/c1-13(2)4-6-16-5-3-11-9(14)7-8(10)12-15/h15H,3-7H2,1-2H3,(H2,10,12)(H,11,14). The van der Waals surface area contributed by atoms with Crippen molar-refractivity contribution in [1.29, 1.82) is 0 Å². The van der Waals surface area contributed by atoms with Crippen LogP contribution in [0.3, 0.4) is 0 Å². The molecule has 0 aliphatic heterocycles. The molecule has 1 amide bonds. The van der Waals surface area contributed by atoms with Crippen molar-refractivity contribution in [3.63, 3.8) is 0 Å². The predicted octanol–water partition coefficient (Wildman–Crippen LogP) is -1.18. The SMILES string of the molecule is CN(C)CCOCCNC(=O)CC(N)=NO. The summed E-state index contributed by atoms with van der Waals surface area (Å²) in [6.45, 7) is 2.35. The molecule has 7 nitrogen and oxygen atoms in total. The maximum absolute atomic E-state index is 11.1. The van der Waals surface area contributed by atoms with E-state index in [2.05, 4.69) is 10.5 Å². The third kappa shape index (κ3) is 9.22. The zero-order chi connectivity index (χ0) is 12.4. The minimum Gasteiger partial charge on any atom is -0.409 e. The topological polar surface area (TPSA) is 100 Å². The van der Waals surface area contributed by atoms with E-state index < -0.39 is 0 Å². The Morgan fingerprint density at radius 3 is 2.75 bits per heavy atom. The normalized spacial score (nSPS) is 11.8. The van der Waals surface area contributed by atoms with Crippen LogP contribution in [0, 0.1) is 0 Å². The Bertz CT molecular complexity index is 231. The van der Waals surface area contributed by atoms with E-state index in [4.69, 9.17) is 15.7 Å². The highest BCUT2D eigenvalue weighted by atomic mass is 16.5. The number of carbonyl (C=O) groups is 1. The molecule has 0 rings (SSSR count). The molecule has 0 heterocycles. The van der Waals surface area contributed by atoms with Gasteiger partial charge < -0.3 is 25.9 Å². The predicted molar refractivity (Wildman–Crippen MR) is 60.4 cm³/mol. The molecular weight excluding hydrogens is 212 g/mol. The average molecular weight is 232 g/mol. The number of carbonyl (C=O) groups excluding carboxylic acids is 1. The zero-order valence-electron chi connectivity index (χ0n) is 9.77. The molecule has 0 aliphatic carbocycles. The number of rotatable bonds is 8. The number of oxime groups is 1. The van der Waals surface area contributed by atoms with Crippen LogP contribution in [0.25, 0.3) is 0 Å². The summed E-state index contributed by atoms with van der Waals surface area (Å²) in [4.78, 5) is 13.1. The molecule has 0 aromatic rings. The molecule has 7 heteroatoms. The van der Waals surface area contributed by atoms with Crippen LogP contribution >= 0.6 is 0 Å². The van der Waals surface area contributed by atoms with Crippen molar-refractivity contribution in [2.45, 2.75) is 6.42 Å². The van der Waals surface area contributed by atoms with Gasteiger partial charge in [0.2, 0.25) is 5.91 Å². The van der Waals surface area contributed by atoms with Crippen LogP contribution < -0.4 is 11.1 Å². The molecular formula is C9H20N4O3. The van der Waals surface area contributed by atoms with Gasteiger partial charge in [0.15, 0.2) is 0 Å². The number of hydrogen-bond acceptors (Lipinski definition) is 5. The van der Waals surface area contributed by atoms with Crippen molar-refractivity contribution in [2.75, 3.05) is 40.4 Å². The molecule has 0 aromatic heterocycles. The first-order valence-electron chi connectivity index (χ1n) is 5.02. The quantitative estimate of drug-likeness (QED) is 0.161. The van der Waals surface area contributed by atoms with Crippen molar-refractivity contribution in [3.8, 4) is 0 Å². The van der Waals surface area contributed by atoms with Gasteiger partial charge in [0.05, 0.1) is 19.6 Å². The van der Waals surface area contributed by atoms with E-state index in [-0.39, 0.29) is 18.2 Å². The first-order chi connectivity index (χ1) is 7.56. The zero-order valence-corrected chi connectivity index (χ0v) is 9.77. The van der Waals surface area contributed by atoms with Crippen molar-refractivity contribution in [2.24, 2.45) is 10.9 Å². The highest BCUT2D eigenvalue weighted by molar-refractivity contribution is 5.98. The van der Waals surface area contributed by atoms with Crippen molar-refractivity contribution < 1.29 is 14.7 Å². The van der Waals surface area contributed by atoms with E-state index in [0.29, 0.717) is 19.8 Å². The van der Waals surface area contributed by atoms with Crippen LogP contribution in [0.1, 0.15) is 6.42 Å². The Morgan fingerprint density at radius 1 is 1.50 bits per heavy atom. The minimum atomic E-state index is -0.286. The van der Waals surface area contributed by atoms with Gasteiger partial charge >= 0.3 is 0 Å². The summed E-state index contributed by atoms with van der Waals surface area (Å²) < 4.78 is 5.26. The molecule has 0 aromatic carbocycles. The first kappa shape index (κ1) is 14.7. The Balaban J connectivity index is 3.35. The maximum Gasteiger partial charge on any atom is 0.227 e. The fourth-order valence-corrected chi connectivity index (χ4v) is 0.874. The Morgan fingerprint density at radius 2 is 2.19 bits per heavy atom. The number of hydrogen-bond donors (Lipinski definition) is 3. The van der Waals surface area contributed by atoms with Gasteiger partial charge in [-0.3, -0.25) is 4.79 Å². The van der Waals surface area contributed by atoms with Gasteiger partial charge in [-0.1, -0.05) is 5.16 Å². The lowest BCUT2D eigenvalue weighted by molar-refractivity contribution is -0.120. The lowest BCUT2D eigenvalue weighted by atomic mass is 10.4. The Labute approximate surface area is 95.2 Å². The lowest BCUT2D eigenvalue weighted by Gasteiger charge is -2.10. The second-order valence-electron chi connectivity index (χ2n) is 3.53. The van der Waals surface area contributed by atoms with Crippen LogP contribution in [0.4, 0.5) is 0 Å². The number of nitrogens with one attached hydrogen (secondary N) is 1. The summed E-state index contributed by atoms with van der Waals surface area (Å²) in [6, 6.07) is 0. The molecule has 0 saturated carbocycles. The van der Waals surface area contributed by atoms with Gasteiger partial charge in [-0.15, -0.1) is 0 Å². The highest BCUT2D eigenvalue weighted by Gasteiger charge is 2.03. The van der Waals surface area contributed by atoms with E-state index in [1.54, 1.807) is 0 Å². The summed E-state index contributed by atoms with van der Waals surface area (Å²) in [5.41, 5.74) is 5.16. The maximum atomic E-state index is 11.1. The summed E-state index contributed by atoms with van der Waals surface area (Å²) >= 11 is 0. The van der Waals surface area contributed by atoms with Crippen molar-refractivity contribution in [1.82, 2.24) is 10.2 Å². The van der Waals surface area contributed by atoms with Crippen molar-refractivity contribution >= 4 is 11.7 Å². The summed E-state index contributed by atoms with van der Waals surface area (Å²) in [5, 5.41) is 13.5. The molecule has 94 valence electrons. The van der Waals surface area contributed by atoms with E-state index in [9.17, 15) is 4.79 Å². The largest absolute Gasteiger partial charge is 0.409 e. The molecule has 0 radical (unpaired) electrons. The molecule has 0 saturated heterocycles. The second kappa shape index (κ2) is 8.93. The minimum absolute atomic E-state index is 0.103.